The highest BCUT2D eigenvalue weighted by atomic mass is 15.2. The van der Waals surface area contributed by atoms with E-state index in [1.807, 2.05) is 12.4 Å². The van der Waals surface area contributed by atoms with Crippen molar-refractivity contribution in [2.75, 3.05) is 20.6 Å². The van der Waals surface area contributed by atoms with E-state index in [-0.39, 0.29) is 0 Å². The molecule has 3 heteroatoms. The van der Waals surface area contributed by atoms with Gasteiger partial charge in [0.15, 0.2) is 0 Å². The summed E-state index contributed by atoms with van der Waals surface area (Å²) in [4.78, 5) is 6.53. The number of rotatable bonds is 5. The summed E-state index contributed by atoms with van der Waals surface area (Å²) in [6.07, 6.45) is 9.09. The van der Waals surface area contributed by atoms with Crippen LogP contribution < -0.4 is 5.32 Å². The molecular formula is C17H29N3. The molecule has 20 heavy (non-hydrogen) atoms. The predicted octanol–water partition coefficient (Wildman–Crippen LogP) is 3.24. The lowest BCUT2D eigenvalue weighted by atomic mass is 9.75. The Hall–Kier alpha value is -0.930. The van der Waals surface area contributed by atoms with Crippen molar-refractivity contribution in [3.05, 3.63) is 30.1 Å². The number of pyridine rings is 1. The summed E-state index contributed by atoms with van der Waals surface area (Å²) in [5.74, 6) is 0.837. The van der Waals surface area contributed by atoms with Gasteiger partial charge in [0.2, 0.25) is 0 Å². The zero-order chi connectivity index (χ0) is 14.6. The van der Waals surface area contributed by atoms with Crippen molar-refractivity contribution < 1.29 is 0 Å². The van der Waals surface area contributed by atoms with Crippen LogP contribution in [0, 0.1) is 5.92 Å². The first-order chi connectivity index (χ1) is 9.53. The van der Waals surface area contributed by atoms with Gasteiger partial charge in [0.1, 0.15) is 0 Å². The van der Waals surface area contributed by atoms with Gasteiger partial charge in [-0.2, -0.15) is 0 Å². The number of likely N-dealkylation sites (N-methyl/N-ethyl adjacent to an activating group) is 1. The van der Waals surface area contributed by atoms with E-state index in [4.69, 9.17) is 0 Å². The number of nitrogens with zero attached hydrogens (tertiary/aromatic N) is 2. The Kier molecular flexibility index (Phi) is 5.17. The van der Waals surface area contributed by atoms with Gasteiger partial charge in [-0.25, -0.2) is 0 Å². The third-order valence-corrected chi connectivity index (χ3v) is 4.96. The number of hydrogen-bond acceptors (Lipinski definition) is 3. The topological polar surface area (TPSA) is 28.2 Å². The van der Waals surface area contributed by atoms with Gasteiger partial charge in [-0.3, -0.25) is 4.98 Å². The summed E-state index contributed by atoms with van der Waals surface area (Å²) < 4.78 is 0. The van der Waals surface area contributed by atoms with Gasteiger partial charge in [0.25, 0.3) is 0 Å². The van der Waals surface area contributed by atoms with Crippen molar-refractivity contribution in [3.8, 4) is 0 Å². The zero-order valence-electron chi connectivity index (χ0n) is 13.4. The Balaban J connectivity index is 1.99. The van der Waals surface area contributed by atoms with Gasteiger partial charge < -0.3 is 10.2 Å². The number of nitrogens with one attached hydrogen (secondary N) is 1. The minimum Gasteiger partial charge on any atom is -0.308 e. The lowest BCUT2D eigenvalue weighted by molar-refractivity contribution is 0.0728. The monoisotopic (exact) mass is 275 g/mol. The van der Waals surface area contributed by atoms with E-state index >= 15 is 0 Å². The Morgan fingerprint density at radius 1 is 1.40 bits per heavy atom. The van der Waals surface area contributed by atoms with Crippen LogP contribution in [0.3, 0.4) is 0 Å². The average molecular weight is 275 g/mol. The quantitative estimate of drug-likeness (QED) is 0.894. The molecule has 3 unspecified atom stereocenters. The first kappa shape index (κ1) is 15.5. The van der Waals surface area contributed by atoms with E-state index in [9.17, 15) is 0 Å². The Morgan fingerprint density at radius 3 is 2.70 bits per heavy atom. The fraction of sp³-hybridized carbons (Fsp3) is 0.706. The Morgan fingerprint density at radius 2 is 2.10 bits per heavy atom. The van der Waals surface area contributed by atoms with Crippen LogP contribution in [-0.4, -0.2) is 36.1 Å². The minimum atomic E-state index is 0.318. The normalized spacial score (nSPS) is 28.6. The molecule has 1 aromatic heterocycles. The highest BCUT2D eigenvalue weighted by Gasteiger charge is 2.36. The molecule has 0 amide bonds. The highest BCUT2D eigenvalue weighted by molar-refractivity contribution is 5.14. The summed E-state index contributed by atoms with van der Waals surface area (Å²) >= 11 is 0. The third kappa shape index (κ3) is 3.58. The van der Waals surface area contributed by atoms with Crippen LogP contribution in [0.1, 0.15) is 51.1 Å². The molecule has 1 fully saturated rings. The number of aromatic nitrogens is 1. The van der Waals surface area contributed by atoms with Crippen molar-refractivity contribution in [2.24, 2.45) is 5.92 Å². The molecule has 112 valence electrons. The molecule has 1 saturated carbocycles. The molecule has 0 aromatic carbocycles. The van der Waals surface area contributed by atoms with Gasteiger partial charge in [0, 0.05) is 30.5 Å². The molecule has 1 aromatic rings. The van der Waals surface area contributed by atoms with E-state index in [2.05, 4.69) is 55.3 Å². The summed E-state index contributed by atoms with van der Waals surface area (Å²) in [5.41, 5.74) is 1.64. The molecule has 1 aliphatic carbocycles. The molecule has 0 bridgehead atoms. The van der Waals surface area contributed by atoms with E-state index in [0.717, 1.165) is 12.5 Å². The van der Waals surface area contributed by atoms with Gasteiger partial charge in [0.05, 0.1) is 0 Å². The molecule has 2 rings (SSSR count). The second kappa shape index (κ2) is 6.68. The van der Waals surface area contributed by atoms with Crippen LogP contribution in [0.15, 0.2) is 24.5 Å². The Labute approximate surface area is 123 Å². The van der Waals surface area contributed by atoms with Crippen molar-refractivity contribution in [1.29, 1.82) is 0 Å². The van der Waals surface area contributed by atoms with Crippen LogP contribution in [0.5, 0.6) is 0 Å². The third-order valence-electron chi connectivity index (χ3n) is 4.96. The molecule has 3 nitrogen and oxygen atoms in total. The van der Waals surface area contributed by atoms with Crippen molar-refractivity contribution in [2.45, 2.75) is 51.1 Å². The van der Waals surface area contributed by atoms with E-state index < -0.39 is 0 Å². The molecule has 3 atom stereocenters. The highest BCUT2D eigenvalue weighted by Crippen LogP contribution is 2.35. The van der Waals surface area contributed by atoms with Gasteiger partial charge in [-0.05, 0) is 57.5 Å². The average Bonchev–Trinajstić information content (AvgIpc) is 2.45. The molecular weight excluding hydrogens is 246 g/mol. The molecule has 0 spiro atoms. The van der Waals surface area contributed by atoms with Crippen LogP contribution in [0.25, 0.3) is 0 Å². The van der Waals surface area contributed by atoms with Gasteiger partial charge in [-0.15, -0.1) is 0 Å². The summed E-state index contributed by atoms with van der Waals surface area (Å²) in [6, 6.07) is 4.58. The summed E-state index contributed by atoms with van der Waals surface area (Å²) in [7, 11) is 4.47. The van der Waals surface area contributed by atoms with E-state index in [1.54, 1.807) is 0 Å². The van der Waals surface area contributed by atoms with Gasteiger partial charge >= 0.3 is 0 Å². The first-order valence-electron chi connectivity index (χ1n) is 7.84. The predicted molar refractivity (Wildman–Crippen MR) is 84.7 cm³/mol. The van der Waals surface area contributed by atoms with Crippen molar-refractivity contribution >= 4 is 0 Å². The minimum absolute atomic E-state index is 0.318. The smallest absolute Gasteiger partial charge is 0.0330 e. The first-order valence-corrected chi connectivity index (χ1v) is 7.84. The van der Waals surface area contributed by atoms with Crippen LogP contribution in [0.2, 0.25) is 0 Å². The largest absolute Gasteiger partial charge is 0.308 e. The standard InChI is InChI=1S/C17H29N3/c1-14-6-5-9-17(12-14,20(3)4)13-19-15(2)16-7-10-18-11-8-16/h7-8,10-11,14-15,19H,5-6,9,12-13H2,1-4H3. The fourth-order valence-corrected chi connectivity index (χ4v) is 3.47. The maximum atomic E-state index is 4.09. The molecule has 1 aliphatic rings. The van der Waals surface area contributed by atoms with Crippen LogP contribution >= 0.6 is 0 Å². The molecule has 0 radical (unpaired) electrons. The lowest BCUT2D eigenvalue weighted by Gasteiger charge is -2.46. The van der Waals surface area contributed by atoms with Crippen LogP contribution in [-0.2, 0) is 0 Å². The van der Waals surface area contributed by atoms with Crippen molar-refractivity contribution in [1.82, 2.24) is 15.2 Å². The second-order valence-electron chi connectivity index (χ2n) is 6.70. The lowest BCUT2D eigenvalue weighted by Crippen LogP contribution is -2.54. The van der Waals surface area contributed by atoms with Gasteiger partial charge in [-0.1, -0.05) is 19.8 Å². The summed E-state index contributed by atoms with van der Waals surface area (Å²) in [5, 5.41) is 3.74. The summed E-state index contributed by atoms with van der Waals surface area (Å²) in [6.45, 7) is 5.70. The molecule has 1 heterocycles. The number of hydrogen-bond donors (Lipinski definition) is 1. The molecule has 0 saturated heterocycles. The maximum absolute atomic E-state index is 4.09. The van der Waals surface area contributed by atoms with E-state index in [1.165, 1.54) is 31.2 Å². The maximum Gasteiger partial charge on any atom is 0.0330 e. The molecule has 0 aliphatic heterocycles. The molecule has 1 N–H and O–H groups in total. The Bertz CT molecular complexity index is 404. The zero-order valence-corrected chi connectivity index (χ0v) is 13.4. The SMILES string of the molecule is CC1CCCC(CNC(C)c2ccncc2)(N(C)C)C1. The van der Waals surface area contributed by atoms with Crippen molar-refractivity contribution in [3.63, 3.8) is 0 Å². The second-order valence-corrected chi connectivity index (χ2v) is 6.70. The van der Waals surface area contributed by atoms with Crippen LogP contribution in [0.4, 0.5) is 0 Å². The van der Waals surface area contributed by atoms with E-state index in [0.29, 0.717) is 11.6 Å². The fourth-order valence-electron chi connectivity index (χ4n) is 3.47.